The van der Waals surface area contributed by atoms with Gasteiger partial charge in [0.05, 0.1) is 12.1 Å². The predicted molar refractivity (Wildman–Crippen MR) is 52.2 cm³/mol. The van der Waals surface area contributed by atoms with Crippen molar-refractivity contribution in [3.05, 3.63) is 0 Å². The van der Waals surface area contributed by atoms with E-state index in [9.17, 15) is 9.90 Å². The molecule has 0 aromatic rings. The summed E-state index contributed by atoms with van der Waals surface area (Å²) in [5.41, 5.74) is 5.49. The highest BCUT2D eigenvalue weighted by Gasteiger charge is 2.10. The minimum Gasteiger partial charge on any atom is -0.393 e. The van der Waals surface area contributed by atoms with Gasteiger partial charge in [0.15, 0.2) is 0 Å². The number of carbonyl (C=O) groups excluding carboxylic acids is 1. The summed E-state index contributed by atoms with van der Waals surface area (Å²) >= 11 is 0. The molecule has 4 nitrogen and oxygen atoms in total. The maximum absolute atomic E-state index is 11.1. The molecule has 1 amide bonds. The van der Waals surface area contributed by atoms with E-state index < -0.39 is 6.04 Å². The van der Waals surface area contributed by atoms with E-state index in [1.807, 2.05) is 13.8 Å². The van der Waals surface area contributed by atoms with Gasteiger partial charge in [-0.05, 0) is 19.3 Å². The van der Waals surface area contributed by atoms with E-state index in [-0.39, 0.29) is 12.0 Å². The number of nitrogens with one attached hydrogen (secondary N) is 1. The summed E-state index contributed by atoms with van der Waals surface area (Å²) in [5, 5.41) is 11.9. The zero-order valence-electron chi connectivity index (χ0n) is 8.42. The molecule has 0 radical (unpaired) electrons. The molecule has 0 aliphatic rings. The maximum atomic E-state index is 11.1. The van der Waals surface area contributed by atoms with Crippen LogP contribution in [0.2, 0.25) is 0 Å². The largest absolute Gasteiger partial charge is 0.393 e. The van der Waals surface area contributed by atoms with Gasteiger partial charge < -0.3 is 16.2 Å². The van der Waals surface area contributed by atoms with Crippen LogP contribution in [0.4, 0.5) is 0 Å². The fraction of sp³-hybridized carbons (Fsp3) is 0.889. The summed E-state index contributed by atoms with van der Waals surface area (Å²) in [6.07, 6.45) is 1.63. The second kappa shape index (κ2) is 6.86. The van der Waals surface area contributed by atoms with Crippen molar-refractivity contribution < 1.29 is 9.90 Å². The zero-order chi connectivity index (χ0) is 10.3. The van der Waals surface area contributed by atoms with Gasteiger partial charge in [-0.3, -0.25) is 4.79 Å². The van der Waals surface area contributed by atoms with Crippen molar-refractivity contribution in [2.75, 3.05) is 6.54 Å². The van der Waals surface area contributed by atoms with Crippen LogP contribution in [0, 0.1) is 0 Å². The van der Waals surface area contributed by atoms with Gasteiger partial charge in [0.2, 0.25) is 5.91 Å². The third-order valence-electron chi connectivity index (χ3n) is 2.02. The molecule has 0 aliphatic carbocycles. The number of aliphatic hydroxyl groups is 1. The van der Waals surface area contributed by atoms with Crippen LogP contribution in [-0.4, -0.2) is 29.7 Å². The summed E-state index contributed by atoms with van der Waals surface area (Å²) in [5.74, 6) is -0.134. The zero-order valence-corrected chi connectivity index (χ0v) is 8.42. The second-order valence-corrected chi connectivity index (χ2v) is 3.16. The van der Waals surface area contributed by atoms with E-state index in [0.29, 0.717) is 19.4 Å². The Hall–Kier alpha value is -0.610. The van der Waals surface area contributed by atoms with Gasteiger partial charge in [0.25, 0.3) is 0 Å². The predicted octanol–water partition coefficient (Wildman–Crippen LogP) is 0.000900. The molecule has 0 aromatic carbocycles. The molecule has 0 aliphatic heterocycles. The van der Waals surface area contributed by atoms with Crippen molar-refractivity contribution in [1.29, 1.82) is 0 Å². The van der Waals surface area contributed by atoms with E-state index in [1.54, 1.807) is 0 Å². The average Bonchev–Trinajstić information content (AvgIpc) is 2.15. The number of nitrogens with two attached hydrogens (primary N) is 1. The summed E-state index contributed by atoms with van der Waals surface area (Å²) < 4.78 is 0. The van der Waals surface area contributed by atoms with E-state index in [2.05, 4.69) is 5.32 Å². The number of rotatable bonds is 6. The highest BCUT2D eigenvalue weighted by atomic mass is 16.3. The van der Waals surface area contributed by atoms with Gasteiger partial charge in [0, 0.05) is 6.54 Å². The Labute approximate surface area is 79.5 Å². The van der Waals surface area contributed by atoms with Crippen molar-refractivity contribution in [2.45, 2.75) is 45.3 Å². The van der Waals surface area contributed by atoms with Crippen molar-refractivity contribution in [3.8, 4) is 0 Å². The molecule has 0 saturated carbocycles. The Bertz CT molecular complexity index is 151. The lowest BCUT2D eigenvalue weighted by Crippen LogP contribution is -2.40. The lowest BCUT2D eigenvalue weighted by Gasteiger charge is -2.11. The molecular formula is C9H20N2O2. The van der Waals surface area contributed by atoms with Crippen molar-refractivity contribution in [3.63, 3.8) is 0 Å². The van der Waals surface area contributed by atoms with Gasteiger partial charge >= 0.3 is 0 Å². The van der Waals surface area contributed by atoms with E-state index in [0.717, 1.165) is 6.42 Å². The number of amides is 1. The lowest BCUT2D eigenvalue weighted by atomic mass is 10.2. The topological polar surface area (TPSA) is 75.3 Å². The SMILES string of the molecule is CCC(O)CCNC(=O)[C@@H](N)CC. The average molecular weight is 188 g/mol. The fourth-order valence-electron chi connectivity index (χ4n) is 0.883. The molecule has 1 unspecified atom stereocenters. The molecule has 0 rings (SSSR count). The minimum atomic E-state index is -0.418. The minimum absolute atomic E-state index is 0.134. The third kappa shape index (κ3) is 5.60. The number of aliphatic hydroxyl groups excluding tert-OH is 1. The van der Waals surface area contributed by atoms with E-state index in [4.69, 9.17) is 5.73 Å². The second-order valence-electron chi connectivity index (χ2n) is 3.16. The quantitative estimate of drug-likeness (QED) is 0.549. The molecule has 0 spiro atoms. The highest BCUT2D eigenvalue weighted by Crippen LogP contribution is 1.94. The summed E-state index contributed by atoms with van der Waals surface area (Å²) in [4.78, 5) is 11.1. The highest BCUT2D eigenvalue weighted by molar-refractivity contribution is 5.81. The smallest absolute Gasteiger partial charge is 0.236 e. The van der Waals surface area contributed by atoms with Gasteiger partial charge in [0.1, 0.15) is 0 Å². The molecule has 4 N–H and O–H groups in total. The van der Waals surface area contributed by atoms with Crippen molar-refractivity contribution in [1.82, 2.24) is 5.32 Å². The third-order valence-corrected chi connectivity index (χ3v) is 2.02. The lowest BCUT2D eigenvalue weighted by molar-refractivity contribution is -0.122. The summed E-state index contributed by atoms with van der Waals surface area (Å²) in [7, 11) is 0. The molecule has 0 bridgehead atoms. The molecule has 0 saturated heterocycles. The first kappa shape index (κ1) is 12.4. The van der Waals surface area contributed by atoms with Crippen LogP contribution >= 0.6 is 0 Å². The van der Waals surface area contributed by atoms with Gasteiger partial charge in [-0.1, -0.05) is 13.8 Å². The van der Waals surface area contributed by atoms with E-state index >= 15 is 0 Å². The molecule has 4 heteroatoms. The molecule has 0 fully saturated rings. The van der Waals surface area contributed by atoms with Crippen LogP contribution in [0.3, 0.4) is 0 Å². The first-order valence-corrected chi connectivity index (χ1v) is 4.83. The Morgan fingerprint density at radius 2 is 2.08 bits per heavy atom. The number of hydrogen-bond donors (Lipinski definition) is 3. The molecule has 0 aromatic heterocycles. The standard InChI is InChI=1S/C9H20N2O2/c1-3-7(12)5-6-11-9(13)8(10)4-2/h7-8,12H,3-6,10H2,1-2H3,(H,11,13)/t7?,8-/m0/s1. The van der Waals surface area contributed by atoms with Crippen LogP contribution < -0.4 is 11.1 Å². The van der Waals surface area contributed by atoms with Crippen molar-refractivity contribution >= 4 is 5.91 Å². The Kier molecular flexibility index (Phi) is 6.54. The Morgan fingerprint density at radius 1 is 1.46 bits per heavy atom. The Morgan fingerprint density at radius 3 is 2.54 bits per heavy atom. The molecular weight excluding hydrogens is 168 g/mol. The molecule has 78 valence electrons. The first-order chi connectivity index (χ1) is 6.11. The number of carbonyl (C=O) groups is 1. The summed E-state index contributed by atoms with van der Waals surface area (Å²) in [6, 6.07) is -0.418. The van der Waals surface area contributed by atoms with Crippen LogP contribution in [0.15, 0.2) is 0 Å². The summed E-state index contributed by atoms with van der Waals surface area (Å²) in [6.45, 7) is 4.27. The van der Waals surface area contributed by atoms with Crippen LogP contribution in [-0.2, 0) is 4.79 Å². The number of hydrogen-bond acceptors (Lipinski definition) is 3. The van der Waals surface area contributed by atoms with Crippen LogP contribution in [0.25, 0.3) is 0 Å². The first-order valence-electron chi connectivity index (χ1n) is 4.83. The molecule has 13 heavy (non-hydrogen) atoms. The van der Waals surface area contributed by atoms with Gasteiger partial charge in [-0.15, -0.1) is 0 Å². The fourth-order valence-corrected chi connectivity index (χ4v) is 0.883. The van der Waals surface area contributed by atoms with Gasteiger partial charge in [-0.25, -0.2) is 0 Å². The van der Waals surface area contributed by atoms with E-state index in [1.165, 1.54) is 0 Å². The molecule has 2 atom stereocenters. The Balaban J connectivity index is 3.47. The van der Waals surface area contributed by atoms with Crippen LogP contribution in [0.1, 0.15) is 33.1 Å². The normalized spacial score (nSPS) is 15.1. The molecule has 0 heterocycles. The monoisotopic (exact) mass is 188 g/mol. The maximum Gasteiger partial charge on any atom is 0.236 e. The van der Waals surface area contributed by atoms with Crippen LogP contribution in [0.5, 0.6) is 0 Å². The van der Waals surface area contributed by atoms with Crippen molar-refractivity contribution in [2.24, 2.45) is 5.73 Å². The van der Waals surface area contributed by atoms with Gasteiger partial charge in [-0.2, -0.15) is 0 Å².